The number of carbonyl (C=O) groups is 11. The molecular formula is C74H118N10O22. The van der Waals surface area contributed by atoms with Crippen LogP contribution in [0.25, 0.3) is 0 Å². The lowest BCUT2D eigenvalue weighted by Crippen LogP contribution is -2.61. The second-order valence-corrected chi connectivity index (χ2v) is 28.9. The SMILES string of the molecule is CC[C@H](C)[C@@H]([C@@H](CC(=O)N1CCC[C@H]1C[C@@H](C)C(=O)N[C@H](C)[C@@H](O)c1ccccc1)OC)N(C)C(=O)[C@@H](NC(=O)[C@H](C(C)C)N(C)C(=O)OCc1ccc(NC(=O)[C@H](CCCNC(N)=O)NC(=O)[C@@H](NC(=O)CCOCCOCCC(=O)C(C)C)C(C)C)c(O[C@@H]2O[C@H](C(=O)O)[C@@H](O)[C@H](O)[C@H]2O)c1)C(C)C. The number of methoxy groups -OCH3 is 1. The van der Waals surface area contributed by atoms with E-state index in [0.29, 0.717) is 31.4 Å². The zero-order chi connectivity index (χ0) is 79.4. The van der Waals surface area contributed by atoms with Crippen LogP contribution in [0.2, 0.25) is 0 Å². The number of amides is 10. The molecule has 0 aromatic heterocycles. The Morgan fingerprint density at radius 1 is 0.726 bits per heavy atom. The topological polar surface area (TPSA) is 452 Å². The molecule has 32 nitrogen and oxygen atoms in total. The molecule has 2 aliphatic heterocycles. The summed E-state index contributed by atoms with van der Waals surface area (Å²) in [6.45, 7) is 21.6. The molecule has 0 saturated carbocycles. The maximum Gasteiger partial charge on any atom is 0.410 e. The Kier molecular flexibility index (Phi) is 37.7. The number of carboxylic acid groups (broad SMARTS) is 1. The van der Waals surface area contributed by atoms with E-state index in [9.17, 15) is 78.3 Å². The number of aliphatic hydroxyl groups excluding tert-OH is 4. The third kappa shape index (κ3) is 27.3. The lowest BCUT2D eigenvalue weighted by molar-refractivity contribution is -0.271. The van der Waals surface area contributed by atoms with Gasteiger partial charge in [-0.2, -0.15) is 0 Å². The third-order valence-corrected chi connectivity index (χ3v) is 19.2. The number of ketones is 1. The molecule has 0 unspecified atom stereocenters. The number of nitrogens with one attached hydrogen (secondary N) is 6. The highest BCUT2D eigenvalue weighted by molar-refractivity contribution is 5.99. The highest BCUT2D eigenvalue weighted by atomic mass is 16.7. The number of anilines is 1. The van der Waals surface area contributed by atoms with Crippen molar-refractivity contribution in [3.05, 3.63) is 59.7 Å². The third-order valence-electron chi connectivity index (χ3n) is 19.2. The van der Waals surface area contributed by atoms with Gasteiger partial charge in [-0.05, 0) is 86.0 Å². The number of nitrogens with two attached hydrogens (primary N) is 1. The van der Waals surface area contributed by atoms with Gasteiger partial charge in [0.25, 0.3) is 0 Å². The van der Waals surface area contributed by atoms with Crippen LogP contribution < -0.4 is 42.4 Å². The second kappa shape index (κ2) is 44.3. The normalized spacial score (nSPS) is 20.2. The van der Waals surface area contributed by atoms with E-state index in [1.807, 2.05) is 32.0 Å². The highest BCUT2D eigenvalue weighted by Gasteiger charge is 2.49. The van der Waals surface area contributed by atoms with Gasteiger partial charge in [0, 0.05) is 65.0 Å². The van der Waals surface area contributed by atoms with Gasteiger partial charge in [-0.15, -0.1) is 0 Å². The molecule has 2 aromatic rings. The number of likely N-dealkylation sites (tertiary alicyclic amines) is 1. The number of hydrogen-bond acceptors (Lipinski definition) is 21. The van der Waals surface area contributed by atoms with Crippen LogP contribution in [0.15, 0.2) is 48.5 Å². The maximum atomic E-state index is 14.9. The van der Waals surface area contributed by atoms with Crippen molar-refractivity contribution in [2.45, 2.75) is 233 Å². The Hall–Kier alpha value is -8.11. The van der Waals surface area contributed by atoms with Gasteiger partial charge in [0.1, 0.15) is 60.6 Å². The molecule has 2 aromatic carbocycles. The van der Waals surface area contributed by atoms with Crippen molar-refractivity contribution in [2.75, 3.05) is 66.0 Å². The van der Waals surface area contributed by atoms with Gasteiger partial charge < -0.3 is 101 Å². The zero-order valence-corrected chi connectivity index (χ0v) is 64.1. The van der Waals surface area contributed by atoms with Crippen molar-refractivity contribution in [1.82, 2.24) is 41.3 Å². The number of likely N-dealkylation sites (N-methyl/N-ethyl adjacent to an activating group) is 2. The van der Waals surface area contributed by atoms with E-state index in [1.54, 1.807) is 93.3 Å². The Labute approximate surface area is 621 Å². The minimum atomic E-state index is -2.13. The highest BCUT2D eigenvalue weighted by Crippen LogP contribution is 2.33. The first-order valence-corrected chi connectivity index (χ1v) is 36.6. The molecule has 16 atom stereocenters. The van der Waals surface area contributed by atoms with E-state index in [2.05, 4.69) is 31.9 Å². The van der Waals surface area contributed by atoms with Crippen LogP contribution in [0.4, 0.5) is 15.3 Å². The van der Waals surface area contributed by atoms with Crippen molar-refractivity contribution in [3.8, 4) is 5.75 Å². The molecule has 2 saturated heterocycles. The monoisotopic (exact) mass is 1500 g/mol. The van der Waals surface area contributed by atoms with E-state index >= 15 is 0 Å². The molecule has 106 heavy (non-hydrogen) atoms. The maximum absolute atomic E-state index is 14.9. The first kappa shape index (κ1) is 90.3. The number of Topliss-reactive ketones (excluding diaryl/α,β-unsaturated/α-hetero) is 1. The molecule has 2 fully saturated rings. The van der Waals surface area contributed by atoms with Gasteiger partial charge >= 0.3 is 18.1 Å². The lowest BCUT2D eigenvalue weighted by atomic mass is 9.89. The van der Waals surface area contributed by atoms with Crippen LogP contribution in [0.3, 0.4) is 0 Å². The fourth-order valence-corrected chi connectivity index (χ4v) is 12.7. The van der Waals surface area contributed by atoms with Gasteiger partial charge in [0.15, 0.2) is 6.10 Å². The molecule has 2 heterocycles. The number of hydrogen-bond donors (Lipinski definition) is 12. The summed E-state index contributed by atoms with van der Waals surface area (Å²) in [5.74, 6) is -8.38. The molecule has 0 radical (unpaired) electrons. The number of carboxylic acids is 1. The van der Waals surface area contributed by atoms with E-state index < -0.39 is 157 Å². The van der Waals surface area contributed by atoms with Gasteiger partial charge in [0.2, 0.25) is 47.6 Å². The van der Waals surface area contributed by atoms with Crippen molar-refractivity contribution in [1.29, 1.82) is 0 Å². The lowest BCUT2D eigenvalue weighted by Gasteiger charge is -2.40. The largest absolute Gasteiger partial charge is 0.479 e. The Morgan fingerprint density at radius 2 is 1.37 bits per heavy atom. The molecule has 2 aliphatic rings. The van der Waals surface area contributed by atoms with E-state index in [-0.39, 0.29) is 118 Å². The van der Waals surface area contributed by atoms with Crippen LogP contribution in [0.1, 0.15) is 158 Å². The number of rotatable bonds is 44. The summed E-state index contributed by atoms with van der Waals surface area (Å²) in [6.07, 6.45) is -10.9. The number of ether oxygens (including phenoxy) is 6. The molecule has 4 rings (SSSR count). The number of nitrogens with zero attached hydrogens (tertiary/aromatic N) is 3. The summed E-state index contributed by atoms with van der Waals surface area (Å²) in [7, 11) is 4.39. The number of urea groups is 1. The number of primary amides is 1. The molecule has 0 bridgehead atoms. The molecular weight excluding hydrogens is 1380 g/mol. The van der Waals surface area contributed by atoms with Gasteiger partial charge in [0.05, 0.1) is 62.8 Å². The van der Waals surface area contributed by atoms with E-state index in [1.165, 1.54) is 37.3 Å². The summed E-state index contributed by atoms with van der Waals surface area (Å²) in [5, 5.41) is 69.3. The quantitative estimate of drug-likeness (QED) is 0.0424. The predicted octanol–water partition coefficient (Wildman–Crippen LogP) is 3.28. The number of benzene rings is 2. The van der Waals surface area contributed by atoms with Gasteiger partial charge in [-0.3, -0.25) is 43.3 Å². The minimum absolute atomic E-state index is 0.0311. The zero-order valence-electron chi connectivity index (χ0n) is 64.1. The number of aliphatic hydroxyl groups is 4. The van der Waals surface area contributed by atoms with Crippen LogP contribution in [0, 0.1) is 35.5 Å². The molecule has 10 amide bonds. The fraction of sp³-hybridized carbons (Fsp3) is 0.689. The van der Waals surface area contributed by atoms with E-state index in [0.717, 1.165) is 11.3 Å². The number of aliphatic carboxylic acids is 1. The summed E-state index contributed by atoms with van der Waals surface area (Å²) >= 11 is 0. The summed E-state index contributed by atoms with van der Waals surface area (Å²) < 4.78 is 34.2. The minimum Gasteiger partial charge on any atom is -0.479 e. The Morgan fingerprint density at radius 3 is 1.95 bits per heavy atom. The van der Waals surface area contributed by atoms with Crippen LogP contribution in [-0.4, -0.2) is 245 Å². The number of carbonyl (C=O) groups excluding carboxylic acids is 10. The Balaban J connectivity index is 1.53. The predicted molar refractivity (Wildman–Crippen MR) is 389 cm³/mol. The second-order valence-electron chi connectivity index (χ2n) is 28.9. The Bertz CT molecular complexity index is 3200. The summed E-state index contributed by atoms with van der Waals surface area (Å²) in [6, 6.07) is 5.53. The van der Waals surface area contributed by atoms with Crippen LogP contribution in [-0.2, 0) is 73.4 Å². The fourth-order valence-electron chi connectivity index (χ4n) is 12.7. The molecule has 596 valence electrons. The van der Waals surface area contributed by atoms with Gasteiger partial charge in [-0.25, -0.2) is 14.4 Å². The molecule has 0 spiro atoms. The molecule has 0 aliphatic carbocycles. The average Bonchev–Trinajstić information content (AvgIpc) is 0.875. The average molecular weight is 1500 g/mol. The van der Waals surface area contributed by atoms with Crippen molar-refractivity contribution >= 4 is 70.9 Å². The molecule has 13 N–H and O–H groups in total. The van der Waals surface area contributed by atoms with Crippen LogP contribution >= 0.6 is 0 Å². The van der Waals surface area contributed by atoms with Crippen molar-refractivity contribution in [2.24, 2.45) is 41.2 Å². The first-order chi connectivity index (χ1) is 49.9. The summed E-state index contributed by atoms with van der Waals surface area (Å²) in [4.78, 5) is 153. The standard InChI is InChI=1S/C74H118N10O22/c1-16-44(10)60(54(101-15)38-56(87)84-31-21-24-49(84)36-45(11)66(92)77-46(12)61(88)48-22-18-17-19-23-48)82(13)70(96)58(42(6)7)81-69(95)59(43(8)9)83(14)74(100)104-39-47-26-27-50(53(37-47)105-72-64(91)62(89)63(90)65(106-72)71(97)98)78-67(93)51(25-20-30-76-73(75)99)79-68(94)57(41(4)5)80-55(86)29-33-103-35-34-102-32-28-52(85)40(2)3/h17-19,22-23,26-27,37,40-46,49,51,54,57-65,72,88-91H,16,20-21,24-25,28-36,38-39H2,1-15H3,(H,77,92)(H,78,93)(H,79,94)(H,80,86)(H,81,95)(H,97,98)(H3,75,76,99)/t44-,45+,46+,49-,51-,54+,57-,58-,59-,60-,61+,62-,63-,64+,65-,72+/m0/s1. The van der Waals surface area contributed by atoms with Crippen molar-refractivity contribution < 1.29 is 107 Å². The smallest absolute Gasteiger partial charge is 0.410 e. The van der Waals surface area contributed by atoms with E-state index in [4.69, 9.17) is 34.2 Å². The van der Waals surface area contributed by atoms with Gasteiger partial charge in [-0.1, -0.05) is 119 Å². The van der Waals surface area contributed by atoms with Crippen molar-refractivity contribution in [3.63, 3.8) is 0 Å². The summed E-state index contributed by atoms with van der Waals surface area (Å²) in [5.41, 5.74) is 5.86. The van der Waals surface area contributed by atoms with Crippen LogP contribution in [0.5, 0.6) is 5.75 Å². The molecule has 32 heteroatoms. The first-order valence-electron chi connectivity index (χ1n) is 36.6.